The van der Waals surface area contributed by atoms with Gasteiger partial charge in [-0.05, 0) is 13.8 Å². The van der Waals surface area contributed by atoms with Crippen molar-refractivity contribution in [2.75, 3.05) is 6.61 Å². The van der Waals surface area contributed by atoms with Gasteiger partial charge in [0, 0.05) is 0 Å². The van der Waals surface area contributed by atoms with Crippen molar-refractivity contribution in [3.63, 3.8) is 0 Å². The van der Waals surface area contributed by atoms with Crippen molar-refractivity contribution in [3.05, 3.63) is 12.3 Å². The van der Waals surface area contributed by atoms with Gasteiger partial charge in [0.1, 0.15) is 0 Å². The van der Waals surface area contributed by atoms with Gasteiger partial charge in [-0.25, -0.2) is 0 Å². The third kappa shape index (κ3) is 48.8. The van der Waals surface area contributed by atoms with Gasteiger partial charge >= 0.3 is 0 Å². The van der Waals surface area contributed by atoms with Crippen LogP contribution in [0, 0.1) is 0 Å². The predicted octanol–water partition coefficient (Wildman–Crippen LogP) is 1.24. The lowest BCUT2D eigenvalue weighted by molar-refractivity contribution is 0.233. The third-order valence-corrected chi connectivity index (χ3v) is 0.391. The van der Waals surface area contributed by atoms with Gasteiger partial charge in [-0.3, -0.25) is 9.11 Å². The molecular formula is C5H12O4S. The zero-order valence-corrected chi connectivity index (χ0v) is 6.85. The Bertz CT molecular complexity index is 108. The van der Waals surface area contributed by atoms with Crippen LogP contribution < -0.4 is 0 Å². The molecule has 0 spiro atoms. The maximum Gasteiger partial charge on any atom is 0.299 e. The first-order valence-electron chi connectivity index (χ1n) is 2.59. The van der Waals surface area contributed by atoms with E-state index < -0.39 is 11.4 Å². The Kier molecular flexibility index (Phi) is 10.6. The minimum absolute atomic E-state index is 0.731. The molecule has 10 heavy (non-hydrogen) atoms. The highest BCUT2D eigenvalue weighted by atomic mass is 32.2. The Morgan fingerprint density at radius 3 is 2.00 bits per heavy atom. The lowest BCUT2D eigenvalue weighted by Crippen LogP contribution is -1.81. The van der Waals surface area contributed by atoms with Crippen LogP contribution in [0.15, 0.2) is 12.3 Å². The Morgan fingerprint density at radius 2 is 2.00 bits per heavy atom. The van der Waals surface area contributed by atoms with Crippen LogP contribution in [0.4, 0.5) is 0 Å². The van der Waals surface area contributed by atoms with Crippen molar-refractivity contribution in [1.82, 2.24) is 0 Å². The van der Waals surface area contributed by atoms with E-state index in [9.17, 15) is 0 Å². The normalized spacial score (nSPS) is 8.10. The van der Waals surface area contributed by atoms with E-state index in [-0.39, 0.29) is 0 Å². The number of allylic oxidation sites excluding steroid dienone is 1. The van der Waals surface area contributed by atoms with E-state index in [1.165, 1.54) is 0 Å². The molecule has 0 aliphatic heterocycles. The molecule has 2 N–H and O–H groups in total. The molecule has 5 heteroatoms. The van der Waals surface area contributed by atoms with Gasteiger partial charge in [0.05, 0.1) is 12.4 Å². The molecule has 0 saturated heterocycles. The molecule has 0 rings (SSSR count). The Morgan fingerprint density at radius 1 is 1.70 bits per heavy atom. The van der Waals surface area contributed by atoms with E-state index in [2.05, 4.69) is 6.58 Å². The summed E-state index contributed by atoms with van der Waals surface area (Å²) in [6.07, 6.45) is 0. The summed E-state index contributed by atoms with van der Waals surface area (Å²) in [6, 6.07) is 0. The summed E-state index contributed by atoms with van der Waals surface area (Å²) in [7, 11) is 0. The summed E-state index contributed by atoms with van der Waals surface area (Å²) in [5.74, 6) is 0.789. The van der Waals surface area contributed by atoms with Gasteiger partial charge in [0.25, 0.3) is 11.4 Å². The molecule has 0 amide bonds. The zero-order chi connectivity index (χ0) is 8.57. The zero-order valence-electron chi connectivity index (χ0n) is 6.03. The molecular weight excluding hydrogens is 156 g/mol. The van der Waals surface area contributed by atoms with E-state index in [1.54, 1.807) is 0 Å². The highest BCUT2D eigenvalue weighted by Crippen LogP contribution is 1.85. The van der Waals surface area contributed by atoms with Gasteiger partial charge in [-0.15, -0.1) is 0 Å². The second-order valence-electron chi connectivity index (χ2n) is 1.37. The van der Waals surface area contributed by atoms with Crippen LogP contribution in [0.1, 0.15) is 13.8 Å². The van der Waals surface area contributed by atoms with Crippen molar-refractivity contribution >= 4 is 11.4 Å². The van der Waals surface area contributed by atoms with E-state index in [1.807, 2.05) is 13.8 Å². The van der Waals surface area contributed by atoms with Crippen LogP contribution in [0.2, 0.25) is 0 Å². The molecule has 0 aliphatic carbocycles. The number of rotatable bonds is 2. The van der Waals surface area contributed by atoms with E-state index in [0.29, 0.717) is 0 Å². The Balaban J connectivity index is 0. The summed E-state index contributed by atoms with van der Waals surface area (Å²) >= 11 is -2.61. The van der Waals surface area contributed by atoms with Crippen LogP contribution in [0.25, 0.3) is 0 Å². The van der Waals surface area contributed by atoms with E-state index in [0.717, 1.165) is 12.4 Å². The molecule has 0 bridgehead atoms. The maximum atomic E-state index is 8.67. The molecule has 0 saturated carbocycles. The summed E-state index contributed by atoms with van der Waals surface area (Å²) in [5, 5.41) is 0. The number of ether oxygens (including phenoxy) is 1. The topological polar surface area (TPSA) is 66.8 Å². The molecule has 4 nitrogen and oxygen atoms in total. The largest absolute Gasteiger partial charge is 0.499 e. The molecule has 0 aromatic rings. The average molecular weight is 168 g/mol. The fourth-order valence-corrected chi connectivity index (χ4v) is 0.246. The van der Waals surface area contributed by atoms with Crippen molar-refractivity contribution in [3.8, 4) is 0 Å². The van der Waals surface area contributed by atoms with Gasteiger partial charge in [0.2, 0.25) is 0 Å². The fourth-order valence-electron chi connectivity index (χ4n) is 0.246. The Labute approximate surface area is 63.0 Å². The summed E-state index contributed by atoms with van der Waals surface area (Å²) in [4.78, 5) is 0. The second-order valence-corrected chi connectivity index (χ2v) is 1.83. The highest BCUT2D eigenvalue weighted by Gasteiger charge is 1.73. The van der Waals surface area contributed by atoms with Crippen molar-refractivity contribution < 1.29 is 18.1 Å². The van der Waals surface area contributed by atoms with Gasteiger partial charge < -0.3 is 4.74 Å². The fraction of sp³-hybridized carbons (Fsp3) is 0.600. The van der Waals surface area contributed by atoms with Crippen LogP contribution in [0.3, 0.4) is 0 Å². The standard InChI is InChI=1S/C5H10O.H2O3S/c1-4-6-5(2)3;1-4(2)3/h2,4H2,1,3H3;(H2,1,2,3). The van der Waals surface area contributed by atoms with Gasteiger partial charge in [-0.1, -0.05) is 6.58 Å². The smallest absolute Gasteiger partial charge is 0.299 e. The molecule has 0 fully saturated rings. The maximum absolute atomic E-state index is 8.67. The average Bonchev–Trinajstić information content (AvgIpc) is 1.62. The van der Waals surface area contributed by atoms with Crippen LogP contribution in [-0.4, -0.2) is 19.9 Å². The lowest BCUT2D eigenvalue weighted by atomic mass is 10.6. The van der Waals surface area contributed by atoms with Crippen LogP contribution in [0.5, 0.6) is 0 Å². The quantitative estimate of drug-likeness (QED) is 0.481. The summed E-state index contributed by atoms with van der Waals surface area (Å²) in [6.45, 7) is 8.03. The molecule has 0 radical (unpaired) electrons. The van der Waals surface area contributed by atoms with Gasteiger partial charge in [0.15, 0.2) is 0 Å². The Hall–Kier alpha value is -0.390. The monoisotopic (exact) mass is 168 g/mol. The first kappa shape index (κ1) is 12.3. The van der Waals surface area contributed by atoms with Crippen molar-refractivity contribution in [1.29, 1.82) is 0 Å². The van der Waals surface area contributed by atoms with E-state index in [4.69, 9.17) is 18.1 Å². The van der Waals surface area contributed by atoms with Crippen molar-refractivity contribution in [2.24, 2.45) is 0 Å². The summed E-state index contributed by atoms with van der Waals surface area (Å²) < 4.78 is 27.7. The SMILES string of the molecule is C=C(C)OCC.O=S(O)O. The number of hydrogen-bond donors (Lipinski definition) is 2. The lowest BCUT2D eigenvalue weighted by Gasteiger charge is -1.95. The van der Waals surface area contributed by atoms with Gasteiger partial charge in [-0.2, -0.15) is 4.21 Å². The number of hydrogen-bond acceptors (Lipinski definition) is 2. The molecule has 0 aliphatic rings. The molecule has 0 unspecified atom stereocenters. The molecule has 0 aromatic heterocycles. The molecule has 0 atom stereocenters. The summed E-state index contributed by atoms with van der Waals surface area (Å²) in [5.41, 5.74) is 0. The molecule has 0 heterocycles. The first-order chi connectivity index (χ1) is 4.50. The minimum Gasteiger partial charge on any atom is -0.499 e. The second kappa shape index (κ2) is 8.61. The van der Waals surface area contributed by atoms with E-state index >= 15 is 0 Å². The first-order valence-corrected chi connectivity index (χ1v) is 3.65. The highest BCUT2D eigenvalue weighted by molar-refractivity contribution is 7.73. The molecule has 0 aromatic carbocycles. The van der Waals surface area contributed by atoms with Crippen molar-refractivity contribution in [2.45, 2.75) is 13.8 Å². The third-order valence-electron chi connectivity index (χ3n) is 0.391. The molecule has 62 valence electrons. The minimum atomic E-state index is -2.61. The van der Waals surface area contributed by atoms with Crippen LogP contribution in [-0.2, 0) is 16.1 Å². The predicted molar refractivity (Wildman–Crippen MR) is 39.8 cm³/mol. The van der Waals surface area contributed by atoms with Crippen LogP contribution >= 0.6 is 0 Å².